The maximum Gasteiger partial charge on any atom is 0.220 e. The third-order valence-electron chi connectivity index (χ3n) is 4.23. The molecule has 0 saturated heterocycles. The summed E-state index contributed by atoms with van der Waals surface area (Å²) in [6.07, 6.45) is 2.95. The zero-order valence-corrected chi connectivity index (χ0v) is 13.7. The topological polar surface area (TPSA) is 55.1 Å². The van der Waals surface area contributed by atoms with Crippen LogP contribution in [-0.4, -0.2) is 18.5 Å². The lowest BCUT2D eigenvalue weighted by Gasteiger charge is -2.23. The molecule has 0 heterocycles. The zero-order chi connectivity index (χ0) is 14.5. The van der Waals surface area contributed by atoms with E-state index in [1.807, 2.05) is 18.2 Å². The molecule has 0 bridgehead atoms. The quantitative estimate of drug-likeness (QED) is 0.813. The Bertz CT molecular complexity index is 432. The minimum absolute atomic E-state index is 0. The number of nitrogens with two attached hydrogens (primary N) is 1. The van der Waals surface area contributed by atoms with E-state index < -0.39 is 0 Å². The molecule has 0 spiro atoms. The Morgan fingerprint density at radius 2 is 1.90 bits per heavy atom. The van der Waals surface area contributed by atoms with Crippen molar-refractivity contribution in [3.63, 3.8) is 0 Å². The number of rotatable bonds is 7. The van der Waals surface area contributed by atoms with Crippen molar-refractivity contribution < 1.29 is 4.79 Å². The number of carbonyl (C=O) groups excluding carboxylic acids is 1. The summed E-state index contributed by atoms with van der Waals surface area (Å²) in [7, 11) is 0. The highest BCUT2D eigenvalue weighted by atomic mass is 35.5. The SMILES string of the molecule is CC(C)C(CC(=O)NC(CN)C1CC1)c1ccccc1.Cl. The summed E-state index contributed by atoms with van der Waals surface area (Å²) >= 11 is 0. The van der Waals surface area contributed by atoms with E-state index in [0.29, 0.717) is 24.8 Å². The number of nitrogens with one attached hydrogen (secondary N) is 1. The van der Waals surface area contributed by atoms with Gasteiger partial charge < -0.3 is 11.1 Å². The van der Waals surface area contributed by atoms with E-state index in [4.69, 9.17) is 5.73 Å². The van der Waals surface area contributed by atoms with Crippen LogP contribution in [0.15, 0.2) is 30.3 Å². The molecule has 1 saturated carbocycles. The second kappa shape index (κ2) is 8.40. The second-order valence-corrected chi connectivity index (χ2v) is 6.21. The van der Waals surface area contributed by atoms with Gasteiger partial charge in [0.2, 0.25) is 5.91 Å². The van der Waals surface area contributed by atoms with Crippen LogP contribution in [0, 0.1) is 11.8 Å². The second-order valence-electron chi connectivity index (χ2n) is 6.21. The van der Waals surface area contributed by atoms with Crippen LogP contribution >= 0.6 is 12.4 Å². The third-order valence-corrected chi connectivity index (χ3v) is 4.23. The zero-order valence-electron chi connectivity index (χ0n) is 12.9. The largest absolute Gasteiger partial charge is 0.352 e. The van der Waals surface area contributed by atoms with Gasteiger partial charge in [0.25, 0.3) is 0 Å². The lowest BCUT2D eigenvalue weighted by molar-refractivity contribution is -0.122. The number of carbonyl (C=O) groups is 1. The summed E-state index contributed by atoms with van der Waals surface area (Å²) in [5, 5.41) is 3.12. The van der Waals surface area contributed by atoms with Gasteiger partial charge in [-0.05, 0) is 36.2 Å². The van der Waals surface area contributed by atoms with Gasteiger partial charge in [-0.3, -0.25) is 4.79 Å². The molecule has 1 fully saturated rings. The molecule has 1 aromatic rings. The van der Waals surface area contributed by atoms with E-state index in [9.17, 15) is 4.79 Å². The molecule has 0 aliphatic heterocycles. The number of benzene rings is 1. The Labute approximate surface area is 134 Å². The minimum Gasteiger partial charge on any atom is -0.352 e. The summed E-state index contributed by atoms with van der Waals surface area (Å²) < 4.78 is 0. The van der Waals surface area contributed by atoms with Gasteiger partial charge in [0.15, 0.2) is 0 Å². The maximum atomic E-state index is 12.3. The summed E-state index contributed by atoms with van der Waals surface area (Å²) in [5.74, 6) is 1.46. The lowest BCUT2D eigenvalue weighted by Crippen LogP contribution is -2.42. The molecular weight excluding hydrogens is 284 g/mol. The molecule has 3 N–H and O–H groups in total. The smallest absolute Gasteiger partial charge is 0.220 e. The molecule has 21 heavy (non-hydrogen) atoms. The molecule has 4 heteroatoms. The first-order valence-electron chi connectivity index (χ1n) is 7.66. The monoisotopic (exact) mass is 310 g/mol. The fraction of sp³-hybridized carbons (Fsp3) is 0.588. The number of hydrogen-bond acceptors (Lipinski definition) is 2. The van der Waals surface area contributed by atoms with Crippen molar-refractivity contribution in [1.82, 2.24) is 5.32 Å². The summed E-state index contributed by atoms with van der Waals surface area (Å²) in [5.41, 5.74) is 6.99. The van der Waals surface area contributed by atoms with Crippen molar-refractivity contribution in [3.05, 3.63) is 35.9 Å². The average Bonchev–Trinajstić information content (AvgIpc) is 3.27. The highest BCUT2D eigenvalue weighted by Gasteiger charge is 2.31. The first-order chi connectivity index (χ1) is 9.61. The van der Waals surface area contributed by atoms with E-state index in [1.54, 1.807) is 0 Å². The van der Waals surface area contributed by atoms with E-state index in [1.165, 1.54) is 18.4 Å². The van der Waals surface area contributed by atoms with E-state index >= 15 is 0 Å². The fourth-order valence-corrected chi connectivity index (χ4v) is 2.77. The molecule has 1 aliphatic carbocycles. The Balaban J connectivity index is 0.00000220. The lowest BCUT2D eigenvalue weighted by atomic mass is 9.85. The number of amides is 1. The van der Waals surface area contributed by atoms with Gasteiger partial charge in [-0.25, -0.2) is 0 Å². The molecule has 0 radical (unpaired) electrons. The Morgan fingerprint density at radius 3 is 2.38 bits per heavy atom. The van der Waals surface area contributed by atoms with Crippen molar-refractivity contribution >= 4 is 18.3 Å². The van der Waals surface area contributed by atoms with Crippen LogP contribution in [0.3, 0.4) is 0 Å². The van der Waals surface area contributed by atoms with Crippen LogP contribution in [0.5, 0.6) is 0 Å². The van der Waals surface area contributed by atoms with Crippen LogP contribution in [0.1, 0.15) is 44.6 Å². The van der Waals surface area contributed by atoms with E-state index in [0.717, 1.165) is 0 Å². The van der Waals surface area contributed by atoms with Crippen molar-refractivity contribution in [2.75, 3.05) is 6.54 Å². The van der Waals surface area contributed by atoms with Crippen molar-refractivity contribution in [3.8, 4) is 0 Å². The van der Waals surface area contributed by atoms with E-state index in [2.05, 4.69) is 31.3 Å². The van der Waals surface area contributed by atoms with Gasteiger partial charge >= 0.3 is 0 Å². The van der Waals surface area contributed by atoms with Crippen LogP contribution < -0.4 is 11.1 Å². The molecular formula is C17H27ClN2O. The molecule has 2 atom stereocenters. The van der Waals surface area contributed by atoms with Crippen LogP contribution in [0.2, 0.25) is 0 Å². The average molecular weight is 311 g/mol. The van der Waals surface area contributed by atoms with Crippen molar-refractivity contribution in [1.29, 1.82) is 0 Å². The Hall–Kier alpha value is -1.06. The van der Waals surface area contributed by atoms with Gasteiger partial charge in [0.1, 0.15) is 0 Å². The first-order valence-corrected chi connectivity index (χ1v) is 7.66. The fourth-order valence-electron chi connectivity index (χ4n) is 2.77. The van der Waals surface area contributed by atoms with Gasteiger partial charge in [-0.1, -0.05) is 44.2 Å². The number of halogens is 1. The molecule has 2 unspecified atom stereocenters. The standard InChI is InChI=1S/C17H26N2O.ClH/c1-12(2)15(13-6-4-3-5-7-13)10-17(20)19-16(11-18)14-8-9-14;/h3-7,12,14-16H,8-11,18H2,1-2H3,(H,19,20);1H. The summed E-state index contributed by atoms with van der Waals surface area (Å²) in [4.78, 5) is 12.3. The Kier molecular flexibility index (Phi) is 7.20. The third kappa shape index (κ3) is 5.33. The van der Waals surface area contributed by atoms with E-state index in [-0.39, 0.29) is 30.3 Å². The van der Waals surface area contributed by atoms with Crippen LogP contribution in [-0.2, 0) is 4.79 Å². The molecule has 2 rings (SSSR count). The highest BCUT2D eigenvalue weighted by Crippen LogP contribution is 2.33. The number of hydrogen-bond donors (Lipinski definition) is 2. The molecule has 118 valence electrons. The highest BCUT2D eigenvalue weighted by molar-refractivity contribution is 5.85. The molecule has 1 aromatic carbocycles. The summed E-state index contributed by atoms with van der Waals surface area (Å²) in [6.45, 7) is 4.90. The molecule has 0 aromatic heterocycles. The maximum absolute atomic E-state index is 12.3. The molecule has 1 aliphatic rings. The van der Waals surface area contributed by atoms with Gasteiger partial charge in [-0.2, -0.15) is 0 Å². The van der Waals surface area contributed by atoms with Gasteiger partial charge in [0, 0.05) is 19.0 Å². The predicted octanol–water partition coefficient (Wildman–Crippen LogP) is 3.09. The molecule has 1 amide bonds. The summed E-state index contributed by atoms with van der Waals surface area (Å²) in [6, 6.07) is 10.5. The van der Waals surface area contributed by atoms with Gasteiger partial charge in [0.05, 0.1) is 0 Å². The predicted molar refractivity (Wildman–Crippen MR) is 89.6 cm³/mol. The van der Waals surface area contributed by atoms with Crippen molar-refractivity contribution in [2.45, 2.75) is 45.1 Å². The van der Waals surface area contributed by atoms with Gasteiger partial charge in [-0.15, -0.1) is 12.4 Å². The minimum atomic E-state index is 0. The van der Waals surface area contributed by atoms with Crippen LogP contribution in [0.25, 0.3) is 0 Å². The van der Waals surface area contributed by atoms with Crippen LogP contribution in [0.4, 0.5) is 0 Å². The van der Waals surface area contributed by atoms with Crippen molar-refractivity contribution in [2.24, 2.45) is 17.6 Å². The Morgan fingerprint density at radius 1 is 1.29 bits per heavy atom. The molecule has 3 nitrogen and oxygen atoms in total. The first kappa shape index (κ1) is 18.0. The normalized spacial score (nSPS) is 17.0.